The summed E-state index contributed by atoms with van der Waals surface area (Å²) in [5.41, 5.74) is 0.553. The molecule has 0 bridgehead atoms. The predicted octanol–water partition coefficient (Wildman–Crippen LogP) is 2.70. The van der Waals surface area contributed by atoms with Gasteiger partial charge in [0.15, 0.2) is 24.4 Å². The highest BCUT2D eigenvalue weighted by Crippen LogP contribution is 2.31. The highest BCUT2D eigenvalue weighted by atomic mass is 16.7. The van der Waals surface area contributed by atoms with E-state index in [-0.39, 0.29) is 30.6 Å². The lowest BCUT2D eigenvalue weighted by Gasteiger charge is -2.34. The summed E-state index contributed by atoms with van der Waals surface area (Å²) >= 11 is 0. The average molecular weight is 447 g/mol. The number of carbonyl (C=O) groups is 2. The van der Waals surface area contributed by atoms with Gasteiger partial charge in [0.2, 0.25) is 0 Å². The first-order chi connectivity index (χ1) is 15.7. The summed E-state index contributed by atoms with van der Waals surface area (Å²) in [5, 5.41) is 0. The van der Waals surface area contributed by atoms with Gasteiger partial charge >= 0.3 is 0 Å². The molecule has 3 aliphatic rings. The SMILES string of the molecule is CCOc1cc(C(=O)N2CCCC(C3OCCO3)C2)ccc1OCC(=O)N1CCCCC1. The summed E-state index contributed by atoms with van der Waals surface area (Å²) in [4.78, 5) is 29.3. The monoisotopic (exact) mass is 446 g/mol. The molecule has 32 heavy (non-hydrogen) atoms. The molecule has 2 amide bonds. The summed E-state index contributed by atoms with van der Waals surface area (Å²) in [6.45, 7) is 6.46. The number of amides is 2. The van der Waals surface area contributed by atoms with E-state index < -0.39 is 0 Å². The third-order valence-corrected chi connectivity index (χ3v) is 6.33. The van der Waals surface area contributed by atoms with Crippen LogP contribution in [0.1, 0.15) is 49.4 Å². The number of likely N-dealkylation sites (tertiary alicyclic amines) is 2. The highest BCUT2D eigenvalue weighted by molar-refractivity contribution is 5.95. The zero-order valence-corrected chi connectivity index (χ0v) is 18.9. The standard InChI is InChI=1S/C24H34N2O6/c1-2-29-21-15-18(8-9-20(21)32-17-22(27)25-10-4-3-5-11-25)23(28)26-12-6-7-19(16-26)24-30-13-14-31-24/h8-9,15,19,24H,2-7,10-14,16-17H2,1H3. The second kappa shape index (κ2) is 11.0. The third-order valence-electron chi connectivity index (χ3n) is 6.33. The summed E-state index contributed by atoms with van der Waals surface area (Å²) in [5.74, 6) is 1.12. The second-order valence-corrected chi connectivity index (χ2v) is 8.59. The van der Waals surface area contributed by atoms with Crippen molar-refractivity contribution in [1.29, 1.82) is 0 Å². The Morgan fingerprint density at radius 3 is 2.47 bits per heavy atom. The van der Waals surface area contributed by atoms with Gasteiger partial charge in [0.25, 0.3) is 11.8 Å². The van der Waals surface area contributed by atoms with Crippen LogP contribution in [0.25, 0.3) is 0 Å². The van der Waals surface area contributed by atoms with E-state index >= 15 is 0 Å². The fourth-order valence-electron chi connectivity index (χ4n) is 4.65. The zero-order valence-electron chi connectivity index (χ0n) is 18.9. The van der Waals surface area contributed by atoms with Gasteiger partial charge in [-0.2, -0.15) is 0 Å². The summed E-state index contributed by atoms with van der Waals surface area (Å²) in [6.07, 6.45) is 4.98. The van der Waals surface area contributed by atoms with Crippen LogP contribution in [0.3, 0.4) is 0 Å². The number of nitrogens with zero attached hydrogens (tertiary/aromatic N) is 2. The molecule has 0 spiro atoms. The molecule has 176 valence electrons. The van der Waals surface area contributed by atoms with Gasteiger partial charge in [-0.15, -0.1) is 0 Å². The number of piperidine rings is 2. The van der Waals surface area contributed by atoms with Gasteiger partial charge in [0, 0.05) is 37.7 Å². The van der Waals surface area contributed by atoms with E-state index in [2.05, 4.69) is 0 Å². The second-order valence-electron chi connectivity index (χ2n) is 8.59. The maximum atomic E-state index is 13.2. The minimum Gasteiger partial charge on any atom is -0.490 e. The van der Waals surface area contributed by atoms with Crippen molar-refractivity contribution >= 4 is 11.8 Å². The van der Waals surface area contributed by atoms with Crippen molar-refractivity contribution in [3.8, 4) is 11.5 Å². The van der Waals surface area contributed by atoms with Crippen molar-refractivity contribution in [3.05, 3.63) is 23.8 Å². The van der Waals surface area contributed by atoms with Crippen molar-refractivity contribution in [2.75, 3.05) is 52.6 Å². The van der Waals surface area contributed by atoms with Gasteiger partial charge < -0.3 is 28.7 Å². The molecule has 0 N–H and O–H groups in total. The molecule has 0 saturated carbocycles. The third kappa shape index (κ3) is 5.53. The molecule has 8 nitrogen and oxygen atoms in total. The molecule has 8 heteroatoms. The number of hydrogen-bond acceptors (Lipinski definition) is 6. The summed E-state index contributed by atoms with van der Waals surface area (Å²) in [6, 6.07) is 5.20. The molecule has 3 fully saturated rings. The van der Waals surface area contributed by atoms with Crippen LogP contribution in [0.5, 0.6) is 11.5 Å². The maximum absolute atomic E-state index is 13.2. The van der Waals surface area contributed by atoms with Gasteiger partial charge in [0.05, 0.1) is 19.8 Å². The topological polar surface area (TPSA) is 77.5 Å². The Morgan fingerprint density at radius 1 is 0.969 bits per heavy atom. The predicted molar refractivity (Wildman–Crippen MR) is 118 cm³/mol. The van der Waals surface area contributed by atoms with Crippen LogP contribution in [0, 0.1) is 5.92 Å². The number of benzene rings is 1. The van der Waals surface area contributed by atoms with E-state index in [1.165, 1.54) is 6.42 Å². The van der Waals surface area contributed by atoms with Gasteiger partial charge in [0.1, 0.15) is 0 Å². The largest absolute Gasteiger partial charge is 0.490 e. The summed E-state index contributed by atoms with van der Waals surface area (Å²) in [7, 11) is 0. The molecule has 1 atom stereocenters. The first kappa shape index (κ1) is 22.9. The number of rotatable bonds is 7. The molecule has 0 radical (unpaired) electrons. The average Bonchev–Trinajstić information content (AvgIpc) is 3.38. The molecule has 1 unspecified atom stereocenters. The first-order valence-corrected chi connectivity index (χ1v) is 11.9. The van der Waals surface area contributed by atoms with Crippen LogP contribution in [-0.4, -0.2) is 80.5 Å². The van der Waals surface area contributed by atoms with E-state index in [0.717, 1.165) is 38.8 Å². The van der Waals surface area contributed by atoms with Crippen molar-refractivity contribution in [3.63, 3.8) is 0 Å². The van der Waals surface area contributed by atoms with Crippen molar-refractivity contribution in [2.45, 2.75) is 45.3 Å². The Bertz CT molecular complexity index is 789. The minimum absolute atomic E-state index is 0.0111. The van der Waals surface area contributed by atoms with Gasteiger partial charge in [-0.3, -0.25) is 9.59 Å². The van der Waals surface area contributed by atoms with E-state index in [0.29, 0.717) is 50.0 Å². The molecule has 1 aromatic carbocycles. The molecule has 1 aromatic rings. The Labute approximate surface area is 189 Å². The maximum Gasteiger partial charge on any atom is 0.260 e. The quantitative estimate of drug-likeness (QED) is 0.641. The molecule has 0 aliphatic carbocycles. The van der Waals surface area contributed by atoms with E-state index in [4.69, 9.17) is 18.9 Å². The van der Waals surface area contributed by atoms with Gasteiger partial charge in [-0.25, -0.2) is 0 Å². The van der Waals surface area contributed by atoms with Crippen molar-refractivity contribution in [2.24, 2.45) is 5.92 Å². The minimum atomic E-state index is -0.210. The Morgan fingerprint density at radius 2 is 1.72 bits per heavy atom. The Hall–Kier alpha value is -2.32. The Kier molecular flexibility index (Phi) is 7.86. The lowest BCUT2D eigenvalue weighted by molar-refractivity contribution is -0.134. The van der Waals surface area contributed by atoms with Crippen LogP contribution in [0.15, 0.2) is 18.2 Å². The number of ether oxygens (including phenoxy) is 4. The molecule has 3 heterocycles. The van der Waals surface area contributed by atoms with Crippen LogP contribution < -0.4 is 9.47 Å². The highest BCUT2D eigenvalue weighted by Gasteiger charge is 2.33. The van der Waals surface area contributed by atoms with Gasteiger partial charge in [-0.05, 0) is 57.2 Å². The lowest BCUT2D eigenvalue weighted by Crippen LogP contribution is -2.43. The smallest absolute Gasteiger partial charge is 0.260 e. The summed E-state index contributed by atoms with van der Waals surface area (Å²) < 4.78 is 22.8. The van der Waals surface area contributed by atoms with Crippen molar-refractivity contribution < 1.29 is 28.5 Å². The molecule has 3 aliphatic heterocycles. The van der Waals surface area contributed by atoms with Crippen LogP contribution in [0.4, 0.5) is 0 Å². The molecule has 4 rings (SSSR count). The fraction of sp³-hybridized carbons (Fsp3) is 0.667. The number of carbonyl (C=O) groups excluding carboxylic acids is 2. The fourth-order valence-corrected chi connectivity index (χ4v) is 4.65. The van der Waals surface area contributed by atoms with Gasteiger partial charge in [-0.1, -0.05) is 0 Å². The normalized spacial score (nSPS) is 22.1. The molecule has 0 aromatic heterocycles. The molecular formula is C24H34N2O6. The Balaban J connectivity index is 1.39. The van der Waals surface area contributed by atoms with Crippen molar-refractivity contribution in [1.82, 2.24) is 9.80 Å². The molecule has 3 saturated heterocycles. The lowest BCUT2D eigenvalue weighted by atomic mass is 9.96. The first-order valence-electron chi connectivity index (χ1n) is 11.9. The van der Waals surface area contributed by atoms with Crippen LogP contribution in [-0.2, 0) is 14.3 Å². The van der Waals surface area contributed by atoms with E-state index in [1.807, 2.05) is 16.7 Å². The van der Waals surface area contributed by atoms with E-state index in [1.54, 1.807) is 18.2 Å². The zero-order chi connectivity index (χ0) is 22.3. The molecular weight excluding hydrogens is 412 g/mol. The van der Waals surface area contributed by atoms with E-state index in [9.17, 15) is 9.59 Å². The van der Waals surface area contributed by atoms with Crippen LogP contribution >= 0.6 is 0 Å². The number of hydrogen-bond donors (Lipinski definition) is 0. The van der Waals surface area contributed by atoms with Crippen LogP contribution in [0.2, 0.25) is 0 Å².